The van der Waals surface area contributed by atoms with Gasteiger partial charge in [0.25, 0.3) is 5.91 Å². The molecular weight excluding hydrogens is 248 g/mol. The summed E-state index contributed by atoms with van der Waals surface area (Å²) in [7, 11) is 0. The highest BCUT2D eigenvalue weighted by molar-refractivity contribution is 6.06. The van der Waals surface area contributed by atoms with Crippen molar-refractivity contribution in [2.24, 2.45) is 5.73 Å². The third kappa shape index (κ3) is 3.25. The molecular formula is C17H20N2O. The van der Waals surface area contributed by atoms with E-state index in [1.807, 2.05) is 42.5 Å². The van der Waals surface area contributed by atoms with Crippen LogP contribution in [-0.2, 0) is 6.42 Å². The molecule has 0 fully saturated rings. The van der Waals surface area contributed by atoms with Crippen molar-refractivity contribution in [3.63, 3.8) is 0 Å². The molecule has 2 rings (SSSR count). The molecule has 0 aromatic heterocycles. The van der Waals surface area contributed by atoms with Gasteiger partial charge in [-0.25, -0.2) is 0 Å². The zero-order chi connectivity index (χ0) is 14.4. The van der Waals surface area contributed by atoms with Crippen molar-refractivity contribution in [1.82, 2.24) is 0 Å². The standard InChI is InChI=1S/C17H20N2O/c1-2-14-8-10-16(11-9-14)19(13-12-18)17(20)15-6-4-3-5-7-15/h3-11H,2,12-13,18H2,1H3. The lowest BCUT2D eigenvalue weighted by Crippen LogP contribution is -2.35. The molecule has 0 atom stereocenters. The molecule has 0 bridgehead atoms. The van der Waals surface area contributed by atoms with Crippen LogP contribution in [0, 0.1) is 0 Å². The Hall–Kier alpha value is -2.13. The number of carbonyl (C=O) groups is 1. The number of nitrogens with two attached hydrogens (primary N) is 1. The average Bonchev–Trinajstić information content (AvgIpc) is 2.53. The van der Waals surface area contributed by atoms with Crippen molar-refractivity contribution in [2.45, 2.75) is 13.3 Å². The second kappa shape index (κ2) is 6.87. The first kappa shape index (κ1) is 14.3. The Balaban J connectivity index is 2.28. The number of hydrogen-bond donors (Lipinski definition) is 1. The summed E-state index contributed by atoms with van der Waals surface area (Å²) in [5, 5.41) is 0. The summed E-state index contributed by atoms with van der Waals surface area (Å²) in [6, 6.07) is 17.4. The minimum Gasteiger partial charge on any atom is -0.329 e. The van der Waals surface area contributed by atoms with Gasteiger partial charge in [0.15, 0.2) is 0 Å². The fourth-order valence-corrected chi connectivity index (χ4v) is 2.13. The molecule has 0 heterocycles. The van der Waals surface area contributed by atoms with E-state index in [2.05, 4.69) is 19.1 Å². The summed E-state index contributed by atoms with van der Waals surface area (Å²) in [4.78, 5) is 14.3. The van der Waals surface area contributed by atoms with Gasteiger partial charge in [-0.3, -0.25) is 4.79 Å². The highest BCUT2D eigenvalue weighted by atomic mass is 16.2. The van der Waals surface area contributed by atoms with Gasteiger partial charge in [0, 0.05) is 24.3 Å². The first-order valence-electron chi connectivity index (χ1n) is 6.92. The van der Waals surface area contributed by atoms with E-state index in [1.165, 1.54) is 5.56 Å². The van der Waals surface area contributed by atoms with Crippen molar-refractivity contribution in [2.75, 3.05) is 18.0 Å². The Morgan fingerprint density at radius 1 is 1.05 bits per heavy atom. The fraction of sp³-hybridized carbons (Fsp3) is 0.235. The van der Waals surface area contributed by atoms with Gasteiger partial charge in [-0.05, 0) is 36.2 Å². The van der Waals surface area contributed by atoms with Crippen LogP contribution in [0.15, 0.2) is 54.6 Å². The molecule has 0 aliphatic rings. The molecule has 2 N–H and O–H groups in total. The number of rotatable bonds is 5. The topological polar surface area (TPSA) is 46.3 Å². The molecule has 2 aromatic rings. The minimum atomic E-state index is -0.0136. The van der Waals surface area contributed by atoms with Gasteiger partial charge in [-0.1, -0.05) is 37.3 Å². The van der Waals surface area contributed by atoms with Crippen molar-refractivity contribution in [1.29, 1.82) is 0 Å². The van der Waals surface area contributed by atoms with Crippen molar-refractivity contribution in [3.8, 4) is 0 Å². The van der Waals surface area contributed by atoms with E-state index < -0.39 is 0 Å². The Morgan fingerprint density at radius 3 is 2.25 bits per heavy atom. The van der Waals surface area contributed by atoms with Gasteiger partial charge in [-0.15, -0.1) is 0 Å². The van der Waals surface area contributed by atoms with Crippen LogP contribution in [0.2, 0.25) is 0 Å². The SMILES string of the molecule is CCc1ccc(N(CCN)C(=O)c2ccccc2)cc1. The third-order valence-electron chi connectivity index (χ3n) is 3.27. The van der Waals surface area contributed by atoms with E-state index in [-0.39, 0.29) is 5.91 Å². The Kier molecular flexibility index (Phi) is 4.91. The predicted molar refractivity (Wildman–Crippen MR) is 83.0 cm³/mol. The average molecular weight is 268 g/mol. The van der Waals surface area contributed by atoms with Crippen LogP contribution in [0.1, 0.15) is 22.8 Å². The number of hydrogen-bond acceptors (Lipinski definition) is 2. The van der Waals surface area contributed by atoms with Crippen molar-refractivity contribution < 1.29 is 4.79 Å². The lowest BCUT2D eigenvalue weighted by molar-refractivity contribution is 0.0987. The summed E-state index contributed by atoms with van der Waals surface area (Å²) >= 11 is 0. The summed E-state index contributed by atoms with van der Waals surface area (Å²) in [5.41, 5.74) is 8.47. The van der Waals surface area contributed by atoms with Gasteiger partial charge in [0.2, 0.25) is 0 Å². The Labute approximate surface area is 120 Å². The number of benzene rings is 2. The molecule has 104 valence electrons. The number of carbonyl (C=O) groups excluding carboxylic acids is 1. The molecule has 20 heavy (non-hydrogen) atoms. The lowest BCUT2D eigenvalue weighted by Gasteiger charge is -2.22. The molecule has 0 unspecified atom stereocenters. The van der Waals surface area contributed by atoms with Crippen LogP contribution in [0.5, 0.6) is 0 Å². The number of amides is 1. The fourth-order valence-electron chi connectivity index (χ4n) is 2.13. The van der Waals surface area contributed by atoms with Crippen LogP contribution in [0.4, 0.5) is 5.69 Å². The summed E-state index contributed by atoms with van der Waals surface area (Å²) < 4.78 is 0. The number of aryl methyl sites for hydroxylation is 1. The van der Waals surface area contributed by atoms with Gasteiger partial charge < -0.3 is 10.6 Å². The Bertz CT molecular complexity index is 549. The van der Waals surface area contributed by atoms with Gasteiger partial charge >= 0.3 is 0 Å². The molecule has 0 aliphatic heterocycles. The summed E-state index contributed by atoms with van der Waals surface area (Å²) in [6.45, 7) is 3.06. The highest BCUT2D eigenvalue weighted by Crippen LogP contribution is 2.18. The van der Waals surface area contributed by atoms with Crippen LogP contribution < -0.4 is 10.6 Å². The molecule has 3 nitrogen and oxygen atoms in total. The normalized spacial score (nSPS) is 10.3. The van der Waals surface area contributed by atoms with Crippen LogP contribution in [0.3, 0.4) is 0 Å². The van der Waals surface area contributed by atoms with E-state index in [0.29, 0.717) is 18.7 Å². The van der Waals surface area contributed by atoms with E-state index in [1.54, 1.807) is 4.90 Å². The van der Waals surface area contributed by atoms with Crippen LogP contribution >= 0.6 is 0 Å². The highest BCUT2D eigenvalue weighted by Gasteiger charge is 2.16. The zero-order valence-electron chi connectivity index (χ0n) is 11.8. The second-order valence-corrected chi connectivity index (χ2v) is 4.63. The maximum atomic E-state index is 12.6. The zero-order valence-corrected chi connectivity index (χ0v) is 11.8. The predicted octanol–water partition coefficient (Wildman–Crippen LogP) is 2.85. The van der Waals surface area contributed by atoms with Crippen molar-refractivity contribution >= 4 is 11.6 Å². The minimum absolute atomic E-state index is 0.0136. The van der Waals surface area contributed by atoms with E-state index >= 15 is 0 Å². The van der Waals surface area contributed by atoms with Gasteiger partial charge in [0.05, 0.1) is 0 Å². The Morgan fingerprint density at radius 2 is 1.70 bits per heavy atom. The second-order valence-electron chi connectivity index (χ2n) is 4.63. The maximum Gasteiger partial charge on any atom is 0.258 e. The lowest BCUT2D eigenvalue weighted by atomic mass is 10.1. The number of nitrogens with zero attached hydrogens (tertiary/aromatic N) is 1. The molecule has 0 saturated carbocycles. The third-order valence-corrected chi connectivity index (χ3v) is 3.27. The first-order chi connectivity index (χ1) is 9.76. The monoisotopic (exact) mass is 268 g/mol. The van der Waals surface area contributed by atoms with Gasteiger partial charge in [0.1, 0.15) is 0 Å². The molecule has 1 amide bonds. The summed E-state index contributed by atoms with van der Waals surface area (Å²) in [6.07, 6.45) is 0.990. The van der Waals surface area contributed by atoms with Crippen LogP contribution in [0.25, 0.3) is 0 Å². The molecule has 0 aliphatic carbocycles. The van der Waals surface area contributed by atoms with Crippen LogP contribution in [-0.4, -0.2) is 19.0 Å². The number of anilines is 1. The molecule has 3 heteroatoms. The largest absolute Gasteiger partial charge is 0.329 e. The van der Waals surface area contributed by atoms with Crippen molar-refractivity contribution in [3.05, 3.63) is 65.7 Å². The van der Waals surface area contributed by atoms with E-state index in [4.69, 9.17) is 5.73 Å². The maximum absolute atomic E-state index is 12.6. The van der Waals surface area contributed by atoms with E-state index in [9.17, 15) is 4.79 Å². The molecule has 0 radical (unpaired) electrons. The van der Waals surface area contributed by atoms with E-state index in [0.717, 1.165) is 12.1 Å². The molecule has 2 aromatic carbocycles. The summed E-state index contributed by atoms with van der Waals surface area (Å²) in [5.74, 6) is -0.0136. The smallest absolute Gasteiger partial charge is 0.258 e. The first-order valence-corrected chi connectivity index (χ1v) is 6.92. The molecule has 0 saturated heterocycles. The quantitative estimate of drug-likeness (QED) is 0.906. The van der Waals surface area contributed by atoms with Gasteiger partial charge in [-0.2, -0.15) is 0 Å². The molecule has 0 spiro atoms.